The van der Waals surface area contributed by atoms with E-state index in [0.29, 0.717) is 5.56 Å². The number of carbonyl (C=O) groups excluding carboxylic acids is 1. The van der Waals surface area contributed by atoms with Gasteiger partial charge in [0.15, 0.2) is 12.1 Å². The molecule has 0 radical (unpaired) electrons. The van der Waals surface area contributed by atoms with Crippen molar-refractivity contribution in [2.75, 3.05) is 0 Å². The second kappa shape index (κ2) is 8.30. The number of alkyl carbamates (subject to hydrolysis) is 1. The minimum absolute atomic E-state index is 0.114. The minimum Gasteiger partial charge on any atom is -0.480 e. The van der Waals surface area contributed by atoms with E-state index < -0.39 is 35.8 Å². The summed E-state index contributed by atoms with van der Waals surface area (Å²) in [6.45, 7) is 4.69. The third kappa shape index (κ3) is 6.66. The second-order valence-corrected chi connectivity index (χ2v) is 6.02. The molecule has 1 rings (SSSR count). The maximum absolute atomic E-state index is 11.7. The van der Waals surface area contributed by atoms with Gasteiger partial charge >= 0.3 is 18.0 Å². The van der Waals surface area contributed by atoms with Gasteiger partial charge in [-0.05, 0) is 26.3 Å². The molecule has 0 aromatic heterocycles. The summed E-state index contributed by atoms with van der Waals surface area (Å²) < 4.78 is 10.1. The Labute approximate surface area is 139 Å². The molecule has 0 fully saturated rings. The van der Waals surface area contributed by atoms with Crippen molar-refractivity contribution in [3.63, 3.8) is 0 Å². The molecule has 132 valence electrons. The highest BCUT2D eigenvalue weighted by molar-refractivity contribution is 5.87. The summed E-state index contributed by atoms with van der Waals surface area (Å²) in [7, 11) is 0. The highest BCUT2D eigenvalue weighted by Crippen LogP contribution is 2.10. The molecular formula is C16H21NO7. The van der Waals surface area contributed by atoms with E-state index in [1.165, 1.54) is 0 Å². The molecule has 2 atom stereocenters. The van der Waals surface area contributed by atoms with Crippen LogP contribution in [-0.2, 0) is 25.7 Å². The SMILES string of the molecule is CC(C)(C)OC(=O)NC(C(=O)O)C(OCc1ccccc1)C(=O)O. The summed E-state index contributed by atoms with van der Waals surface area (Å²) in [5.74, 6) is -3.05. The Morgan fingerprint density at radius 3 is 2.12 bits per heavy atom. The van der Waals surface area contributed by atoms with Crippen molar-refractivity contribution in [1.29, 1.82) is 0 Å². The van der Waals surface area contributed by atoms with Crippen LogP contribution in [0.3, 0.4) is 0 Å². The monoisotopic (exact) mass is 339 g/mol. The Balaban J connectivity index is 2.81. The van der Waals surface area contributed by atoms with E-state index in [0.717, 1.165) is 0 Å². The zero-order chi connectivity index (χ0) is 18.3. The number of benzene rings is 1. The molecule has 8 heteroatoms. The van der Waals surface area contributed by atoms with Crippen molar-refractivity contribution in [2.45, 2.75) is 45.1 Å². The fraction of sp³-hybridized carbons (Fsp3) is 0.438. The number of nitrogens with one attached hydrogen (secondary N) is 1. The van der Waals surface area contributed by atoms with Crippen molar-refractivity contribution in [3.05, 3.63) is 35.9 Å². The van der Waals surface area contributed by atoms with Crippen LogP contribution in [0.15, 0.2) is 30.3 Å². The Morgan fingerprint density at radius 1 is 1.08 bits per heavy atom. The number of aliphatic carboxylic acids is 2. The van der Waals surface area contributed by atoms with Gasteiger partial charge in [0.1, 0.15) is 5.60 Å². The maximum Gasteiger partial charge on any atom is 0.408 e. The third-order valence-electron chi connectivity index (χ3n) is 2.76. The summed E-state index contributed by atoms with van der Waals surface area (Å²) in [6, 6.07) is 6.87. The van der Waals surface area contributed by atoms with Crippen LogP contribution in [0.2, 0.25) is 0 Å². The van der Waals surface area contributed by atoms with E-state index in [-0.39, 0.29) is 6.61 Å². The van der Waals surface area contributed by atoms with Gasteiger partial charge in [0.25, 0.3) is 0 Å². The minimum atomic E-state index is -1.79. The molecule has 0 saturated carbocycles. The van der Waals surface area contributed by atoms with E-state index in [1.54, 1.807) is 51.1 Å². The van der Waals surface area contributed by atoms with Crippen LogP contribution in [0.25, 0.3) is 0 Å². The topological polar surface area (TPSA) is 122 Å². The summed E-state index contributed by atoms with van der Waals surface area (Å²) >= 11 is 0. The van der Waals surface area contributed by atoms with Crippen LogP contribution >= 0.6 is 0 Å². The molecule has 1 aromatic carbocycles. The molecule has 24 heavy (non-hydrogen) atoms. The lowest BCUT2D eigenvalue weighted by Gasteiger charge is -2.25. The van der Waals surface area contributed by atoms with Crippen molar-refractivity contribution >= 4 is 18.0 Å². The van der Waals surface area contributed by atoms with E-state index in [4.69, 9.17) is 9.47 Å². The number of hydrogen-bond donors (Lipinski definition) is 3. The zero-order valence-corrected chi connectivity index (χ0v) is 13.7. The first-order chi connectivity index (χ1) is 11.1. The number of carboxylic acids is 2. The van der Waals surface area contributed by atoms with Crippen LogP contribution in [-0.4, -0.2) is 46.0 Å². The van der Waals surface area contributed by atoms with Gasteiger partial charge in [0.05, 0.1) is 6.61 Å². The Hall–Kier alpha value is -2.61. The average Bonchev–Trinajstić information content (AvgIpc) is 2.45. The van der Waals surface area contributed by atoms with Crippen molar-refractivity contribution < 1.29 is 34.1 Å². The molecule has 8 nitrogen and oxygen atoms in total. The molecule has 0 aliphatic carbocycles. The van der Waals surface area contributed by atoms with E-state index in [9.17, 15) is 24.6 Å². The van der Waals surface area contributed by atoms with Gasteiger partial charge in [0.2, 0.25) is 0 Å². The summed E-state index contributed by atoms with van der Waals surface area (Å²) in [4.78, 5) is 34.4. The standard InChI is InChI=1S/C16H21NO7/c1-16(2,3)24-15(22)17-11(13(18)19)12(14(20)21)23-9-10-7-5-4-6-8-10/h4-8,11-12H,9H2,1-3H3,(H,17,22)(H,18,19)(H,20,21). The predicted molar refractivity (Wildman–Crippen MR) is 83.4 cm³/mol. The molecule has 0 bridgehead atoms. The van der Waals surface area contributed by atoms with Gasteiger partial charge in [0, 0.05) is 0 Å². The zero-order valence-electron chi connectivity index (χ0n) is 13.7. The molecular weight excluding hydrogens is 318 g/mol. The second-order valence-electron chi connectivity index (χ2n) is 6.02. The number of ether oxygens (including phenoxy) is 2. The van der Waals surface area contributed by atoms with Crippen LogP contribution in [0.5, 0.6) is 0 Å². The summed E-state index contributed by atoms with van der Waals surface area (Å²) in [6.07, 6.45) is -2.81. The van der Waals surface area contributed by atoms with Crippen LogP contribution in [0, 0.1) is 0 Å². The van der Waals surface area contributed by atoms with Gasteiger partial charge in [-0.3, -0.25) is 0 Å². The van der Waals surface area contributed by atoms with Crippen LogP contribution in [0.4, 0.5) is 4.79 Å². The first kappa shape index (κ1) is 19.4. The number of amides is 1. The number of carbonyl (C=O) groups is 3. The van der Waals surface area contributed by atoms with Gasteiger partial charge in [-0.2, -0.15) is 0 Å². The molecule has 0 aliphatic rings. The molecule has 0 aliphatic heterocycles. The largest absolute Gasteiger partial charge is 0.480 e. The summed E-state index contributed by atoms with van der Waals surface area (Å²) in [5.41, 5.74) is -0.179. The Morgan fingerprint density at radius 2 is 1.67 bits per heavy atom. The molecule has 0 heterocycles. The Kier molecular flexibility index (Phi) is 6.72. The van der Waals surface area contributed by atoms with Crippen LogP contribution < -0.4 is 5.32 Å². The van der Waals surface area contributed by atoms with Crippen molar-refractivity contribution in [1.82, 2.24) is 5.32 Å². The highest BCUT2D eigenvalue weighted by atomic mass is 16.6. The molecule has 0 spiro atoms. The lowest BCUT2D eigenvalue weighted by molar-refractivity contribution is -0.161. The number of rotatable bonds is 7. The third-order valence-corrected chi connectivity index (χ3v) is 2.76. The number of carboxylic acid groups (broad SMARTS) is 2. The highest BCUT2D eigenvalue weighted by Gasteiger charge is 2.37. The molecule has 0 saturated heterocycles. The van der Waals surface area contributed by atoms with Gasteiger partial charge in [-0.15, -0.1) is 0 Å². The van der Waals surface area contributed by atoms with Crippen LogP contribution in [0.1, 0.15) is 26.3 Å². The predicted octanol–water partition coefficient (Wildman–Crippen LogP) is 1.63. The van der Waals surface area contributed by atoms with Crippen molar-refractivity contribution in [2.24, 2.45) is 0 Å². The van der Waals surface area contributed by atoms with Crippen molar-refractivity contribution in [3.8, 4) is 0 Å². The van der Waals surface area contributed by atoms with Gasteiger partial charge < -0.3 is 25.0 Å². The van der Waals surface area contributed by atoms with Gasteiger partial charge in [-0.1, -0.05) is 30.3 Å². The molecule has 2 unspecified atom stereocenters. The summed E-state index contributed by atoms with van der Waals surface area (Å²) in [5, 5.41) is 20.5. The first-order valence-corrected chi connectivity index (χ1v) is 7.21. The lowest BCUT2D eigenvalue weighted by Crippen LogP contribution is -2.53. The number of hydrogen-bond acceptors (Lipinski definition) is 5. The fourth-order valence-corrected chi connectivity index (χ4v) is 1.77. The maximum atomic E-state index is 11.7. The average molecular weight is 339 g/mol. The van der Waals surface area contributed by atoms with Gasteiger partial charge in [-0.25, -0.2) is 14.4 Å². The smallest absolute Gasteiger partial charge is 0.408 e. The van der Waals surface area contributed by atoms with E-state index in [2.05, 4.69) is 0 Å². The molecule has 3 N–H and O–H groups in total. The normalized spacial score (nSPS) is 13.6. The fourth-order valence-electron chi connectivity index (χ4n) is 1.77. The lowest BCUT2D eigenvalue weighted by atomic mass is 10.1. The Bertz CT molecular complexity index is 580. The molecule has 1 amide bonds. The first-order valence-electron chi connectivity index (χ1n) is 7.21. The van der Waals surface area contributed by atoms with E-state index in [1.807, 2.05) is 5.32 Å². The quantitative estimate of drug-likeness (QED) is 0.690. The molecule has 1 aromatic rings. The van der Waals surface area contributed by atoms with E-state index >= 15 is 0 Å².